The first-order valence-electron chi connectivity index (χ1n) is 8.18. The van der Waals surface area contributed by atoms with Crippen molar-refractivity contribution >= 4 is 18.0 Å². The minimum Gasteiger partial charge on any atom is -0.464 e. The molecule has 1 saturated heterocycles. The molecule has 6 heteroatoms. The zero-order chi connectivity index (χ0) is 17.2. The van der Waals surface area contributed by atoms with Gasteiger partial charge in [0.1, 0.15) is 11.6 Å². The van der Waals surface area contributed by atoms with Crippen molar-refractivity contribution in [2.45, 2.75) is 71.4 Å². The monoisotopic (exact) mass is 323 g/mol. The third-order valence-corrected chi connectivity index (χ3v) is 3.97. The van der Waals surface area contributed by atoms with E-state index in [9.17, 15) is 14.4 Å². The summed E-state index contributed by atoms with van der Waals surface area (Å²) in [5.74, 6) is -0.963. The van der Waals surface area contributed by atoms with E-state index in [0.717, 1.165) is 36.2 Å². The van der Waals surface area contributed by atoms with E-state index in [-0.39, 0.29) is 13.0 Å². The molecule has 0 spiro atoms. The van der Waals surface area contributed by atoms with Crippen LogP contribution in [-0.4, -0.2) is 41.1 Å². The number of hydrogen-bond donors (Lipinski definition) is 0. The maximum atomic E-state index is 12.7. The number of allylic oxidation sites excluding steroid dienone is 1. The summed E-state index contributed by atoms with van der Waals surface area (Å²) in [7, 11) is 0. The highest BCUT2D eigenvalue weighted by molar-refractivity contribution is 6.09. The molecule has 1 aliphatic carbocycles. The Morgan fingerprint density at radius 2 is 1.83 bits per heavy atom. The van der Waals surface area contributed by atoms with Crippen molar-refractivity contribution in [3.63, 3.8) is 0 Å². The van der Waals surface area contributed by atoms with Gasteiger partial charge >= 0.3 is 12.1 Å². The molecular weight excluding hydrogens is 298 g/mol. The highest BCUT2D eigenvalue weighted by atomic mass is 16.6. The normalized spacial score (nSPS) is 21.8. The van der Waals surface area contributed by atoms with Crippen LogP contribution in [0.2, 0.25) is 0 Å². The number of hydrogen-bond acceptors (Lipinski definition) is 5. The molecule has 0 bridgehead atoms. The molecule has 1 atom stereocenters. The maximum absolute atomic E-state index is 12.7. The Labute approximate surface area is 136 Å². The zero-order valence-corrected chi connectivity index (χ0v) is 14.3. The van der Waals surface area contributed by atoms with Crippen LogP contribution in [0.25, 0.3) is 0 Å². The topological polar surface area (TPSA) is 72.9 Å². The number of carbonyl (C=O) groups is 3. The van der Waals surface area contributed by atoms with Crippen LogP contribution < -0.4 is 0 Å². The van der Waals surface area contributed by atoms with Crippen molar-refractivity contribution in [1.82, 2.24) is 4.90 Å². The van der Waals surface area contributed by atoms with Crippen LogP contribution in [-0.2, 0) is 19.1 Å². The lowest BCUT2D eigenvalue weighted by Crippen LogP contribution is -2.46. The van der Waals surface area contributed by atoms with Gasteiger partial charge in [0.15, 0.2) is 0 Å². The second-order valence-corrected chi connectivity index (χ2v) is 6.92. The predicted molar refractivity (Wildman–Crippen MR) is 83.6 cm³/mol. The number of ether oxygens (including phenoxy) is 2. The summed E-state index contributed by atoms with van der Waals surface area (Å²) in [5.41, 5.74) is 0.918. The largest absolute Gasteiger partial charge is 0.464 e. The summed E-state index contributed by atoms with van der Waals surface area (Å²) in [6.45, 7) is 7.07. The van der Waals surface area contributed by atoms with Gasteiger partial charge in [-0.3, -0.25) is 4.79 Å². The van der Waals surface area contributed by atoms with Crippen molar-refractivity contribution < 1.29 is 23.9 Å². The van der Waals surface area contributed by atoms with Gasteiger partial charge in [0.05, 0.1) is 6.61 Å². The smallest absolute Gasteiger partial charge is 0.418 e. The van der Waals surface area contributed by atoms with Crippen molar-refractivity contribution in [3.8, 4) is 0 Å². The Morgan fingerprint density at radius 1 is 1.22 bits per heavy atom. The molecule has 2 fully saturated rings. The summed E-state index contributed by atoms with van der Waals surface area (Å²) >= 11 is 0. The molecular formula is C17H25NO5. The van der Waals surface area contributed by atoms with Gasteiger partial charge in [-0.25, -0.2) is 14.5 Å². The Morgan fingerprint density at radius 3 is 2.35 bits per heavy atom. The number of imide groups is 1. The van der Waals surface area contributed by atoms with Gasteiger partial charge in [-0.1, -0.05) is 5.57 Å². The molecule has 2 rings (SSSR count). The lowest BCUT2D eigenvalue weighted by molar-refractivity contribution is -0.150. The number of carbonyl (C=O) groups excluding carboxylic acids is 3. The molecule has 0 aromatic heterocycles. The highest BCUT2D eigenvalue weighted by Crippen LogP contribution is 2.35. The number of nitrogens with zero attached hydrogens (tertiary/aromatic N) is 1. The van der Waals surface area contributed by atoms with Crippen LogP contribution in [0.1, 0.15) is 59.8 Å². The summed E-state index contributed by atoms with van der Waals surface area (Å²) in [5, 5.41) is 0. The minimum atomic E-state index is -0.916. The first kappa shape index (κ1) is 17.5. The van der Waals surface area contributed by atoms with E-state index < -0.39 is 29.6 Å². The average Bonchev–Trinajstić information content (AvgIpc) is 3.03. The van der Waals surface area contributed by atoms with Gasteiger partial charge in [0.2, 0.25) is 0 Å². The summed E-state index contributed by atoms with van der Waals surface area (Å²) in [6.07, 6.45) is 3.25. The van der Waals surface area contributed by atoms with E-state index in [0.29, 0.717) is 5.57 Å². The number of likely N-dealkylation sites (tertiary alicyclic amines) is 1. The molecule has 1 aliphatic heterocycles. The standard InChI is InChI=1S/C17H25NO5/c1-5-22-15(20)13-10-12(11-8-6-7-9-11)14(19)18(13)16(21)23-17(2,3)4/h13H,5-10H2,1-4H3/t13-/m1/s1. The lowest BCUT2D eigenvalue weighted by Gasteiger charge is -2.26. The van der Waals surface area contributed by atoms with Crippen LogP contribution in [0.5, 0.6) is 0 Å². The minimum absolute atomic E-state index is 0.206. The molecule has 6 nitrogen and oxygen atoms in total. The molecule has 2 amide bonds. The zero-order valence-electron chi connectivity index (χ0n) is 14.3. The fourth-order valence-electron chi connectivity index (χ4n) is 3.01. The first-order valence-corrected chi connectivity index (χ1v) is 8.18. The quantitative estimate of drug-likeness (QED) is 0.577. The molecule has 0 unspecified atom stereocenters. The summed E-state index contributed by atoms with van der Waals surface area (Å²) < 4.78 is 10.3. The van der Waals surface area contributed by atoms with Gasteiger partial charge in [0.25, 0.3) is 5.91 Å². The third-order valence-electron chi connectivity index (χ3n) is 3.97. The molecule has 0 aromatic carbocycles. The fourth-order valence-corrected chi connectivity index (χ4v) is 3.01. The fraction of sp³-hybridized carbons (Fsp3) is 0.706. The van der Waals surface area contributed by atoms with Crippen LogP contribution in [0.4, 0.5) is 4.79 Å². The lowest BCUT2D eigenvalue weighted by atomic mass is 10.0. The van der Waals surface area contributed by atoms with Crippen molar-refractivity contribution in [2.75, 3.05) is 6.61 Å². The number of esters is 1. The van der Waals surface area contributed by atoms with Crippen LogP contribution >= 0.6 is 0 Å². The molecule has 0 aromatic rings. The molecule has 128 valence electrons. The molecule has 23 heavy (non-hydrogen) atoms. The second kappa shape index (κ2) is 6.72. The van der Waals surface area contributed by atoms with E-state index in [2.05, 4.69) is 0 Å². The van der Waals surface area contributed by atoms with E-state index in [4.69, 9.17) is 9.47 Å². The van der Waals surface area contributed by atoms with Crippen molar-refractivity contribution in [1.29, 1.82) is 0 Å². The van der Waals surface area contributed by atoms with Crippen LogP contribution in [0.15, 0.2) is 11.1 Å². The van der Waals surface area contributed by atoms with Crippen molar-refractivity contribution in [2.24, 2.45) is 0 Å². The highest BCUT2D eigenvalue weighted by Gasteiger charge is 2.47. The van der Waals surface area contributed by atoms with E-state index in [1.54, 1.807) is 27.7 Å². The average molecular weight is 323 g/mol. The Bertz CT molecular complexity index is 536. The Hall–Kier alpha value is -1.85. The molecule has 1 heterocycles. The van der Waals surface area contributed by atoms with E-state index in [1.165, 1.54) is 0 Å². The second-order valence-electron chi connectivity index (χ2n) is 6.92. The van der Waals surface area contributed by atoms with Gasteiger partial charge in [-0.05, 0) is 53.4 Å². The van der Waals surface area contributed by atoms with Crippen LogP contribution in [0, 0.1) is 0 Å². The maximum Gasteiger partial charge on any atom is 0.418 e. The molecule has 1 saturated carbocycles. The van der Waals surface area contributed by atoms with Gasteiger partial charge < -0.3 is 9.47 Å². The molecule has 0 N–H and O–H groups in total. The summed E-state index contributed by atoms with van der Waals surface area (Å²) in [6, 6.07) is -0.916. The molecule has 0 radical (unpaired) electrons. The molecule has 2 aliphatic rings. The van der Waals surface area contributed by atoms with Gasteiger partial charge in [-0.15, -0.1) is 0 Å². The Kier molecular flexibility index (Phi) is 5.12. The van der Waals surface area contributed by atoms with E-state index >= 15 is 0 Å². The van der Waals surface area contributed by atoms with Gasteiger partial charge in [0, 0.05) is 12.0 Å². The number of amides is 2. The van der Waals surface area contributed by atoms with Crippen molar-refractivity contribution in [3.05, 3.63) is 11.1 Å². The SMILES string of the molecule is CCOC(=O)[C@H]1CC(=C2CCCC2)C(=O)N1C(=O)OC(C)(C)C. The van der Waals surface area contributed by atoms with E-state index in [1.807, 2.05) is 0 Å². The summed E-state index contributed by atoms with van der Waals surface area (Å²) in [4.78, 5) is 38.2. The Balaban J connectivity index is 2.30. The predicted octanol–water partition coefficient (Wildman–Crippen LogP) is 2.96. The van der Waals surface area contributed by atoms with Gasteiger partial charge in [-0.2, -0.15) is 0 Å². The first-order chi connectivity index (χ1) is 10.7. The van der Waals surface area contributed by atoms with Crippen LogP contribution in [0.3, 0.4) is 0 Å². The number of rotatable bonds is 2. The third kappa shape index (κ3) is 3.92.